The summed E-state index contributed by atoms with van der Waals surface area (Å²) in [5.41, 5.74) is 5.58. The molecule has 2 atom stereocenters. The highest BCUT2D eigenvalue weighted by atomic mass is 28.4. The highest BCUT2D eigenvalue weighted by Gasteiger charge is 2.43. The van der Waals surface area contributed by atoms with Crippen LogP contribution < -0.4 is 0 Å². The lowest BCUT2D eigenvalue weighted by Crippen LogP contribution is -2.54. The Hall–Kier alpha value is -3.48. The molecule has 5 nitrogen and oxygen atoms in total. The monoisotopic (exact) mass is 566 g/mol. The van der Waals surface area contributed by atoms with Crippen LogP contribution in [0.1, 0.15) is 38.3 Å². The molecule has 0 aliphatic carbocycles. The number of carbonyl (C=O) groups excluding carboxylic acids is 1. The molecular weight excluding hydrogens is 524 g/mol. The highest BCUT2D eigenvalue weighted by molar-refractivity contribution is 6.74. The molecule has 3 aromatic carbocycles. The van der Waals surface area contributed by atoms with Gasteiger partial charge in [0.25, 0.3) is 0 Å². The fraction of sp³-hybridized carbons (Fsp3) is 0.371. The van der Waals surface area contributed by atoms with E-state index >= 15 is 0 Å². The number of benzene rings is 3. The third-order valence-corrected chi connectivity index (χ3v) is 13.3. The molecule has 214 valence electrons. The van der Waals surface area contributed by atoms with Gasteiger partial charge < -0.3 is 14.1 Å². The van der Waals surface area contributed by atoms with Crippen molar-refractivity contribution in [1.82, 2.24) is 9.88 Å². The summed E-state index contributed by atoms with van der Waals surface area (Å²) in [5, 5.41) is 1.23. The SMILES string of the molecule is CC(C)(C)[Si](C)(C)OC1CN(C(=O)OCc2ccccc2)CCC1Cc1ccc(-c2cnc3ccccc3c2)cc1. The van der Waals surface area contributed by atoms with Crippen molar-refractivity contribution in [3.05, 3.63) is 102 Å². The first-order valence-corrected chi connectivity index (χ1v) is 17.6. The van der Waals surface area contributed by atoms with E-state index < -0.39 is 8.32 Å². The maximum absolute atomic E-state index is 13.1. The number of hydrogen-bond donors (Lipinski definition) is 0. The minimum atomic E-state index is -2.05. The predicted molar refractivity (Wildman–Crippen MR) is 169 cm³/mol. The number of aromatic nitrogens is 1. The van der Waals surface area contributed by atoms with Gasteiger partial charge in [0.2, 0.25) is 0 Å². The van der Waals surface area contributed by atoms with Gasteiger partial charge in [0.05, 0.1) is 11.6 Å². The Labute approximate surface area is 245 Å². The smallest absolute Gasteiger partial charge is 0.410 e. The molecule has 1 saturated heterocycles. The molecule has 0 spiro atoms. The van der Waals surface area contributed by atoms with Crippen LogP contribution in [0.2, 0.25) is 18.1 Å². The Bertz CT molecular complexity index is 1460. The summed E-state index contributed by atoms with van der Waals surface area (Å²) in [5.74, 6) is 0.329. The van der Waals surface area contributed by atoms with Crippen molar-refractivity contribution in [2.75, 3.05) is 13.1 Å². The Morgan fingerprint density at radius 2 is 1.63 bits per heavy atom. The molecule has 1 amide bonds. The molecule has 0 radical (unpaired) electrons. The standard InChI is InChI=1S/C35H42N2O3Si/c1-35(2,3)41(4,5)40-33-24-37(34(38)39-25-27-11-7-6-8-12-27)20-19-30(33)21-26-15-17-28(18-16-26)31-22-29-13-9-10-14-32(29)36-23-31/h6-18,22-23,30,33H,19-21,24-25H2,1-5H3. The van der Waals surface area contributed by atoms with Crippen LogP contribution in [-0.4, -0.2) is 43.5 Å². The third-order valence-electron chi connectivity index (χ3n) is 8.79. The minimum Gasteiger partial charge on any atom is -0.445 e. The van der Waals surface area contributed by atoms with Gasteiger partial charge in [0, 0.05) is 30.2 Å². The van der Waals surface area contributed by atoms with Crippen LogP contribution >= 0.6 is 0 Å². The number of nitrogens with zero attached hydrogens (tertiary/aromatic N) is 2. The molecule has 6 heteroatoms. The maximum Gasteiger partial charge on any atom is 0.410 e. The molecule has 1 fully saturated rings. The number of piperidine rings is 1. The molecule has 1 aliphatic heterocycles. The zero-order chi connectivity index (χ0) is 29.0. The van der Waals surface area contributed by atoms with Gasteiger partial charge in [0.15, 0.2) is 8.32 Å². The molecule has 0 N–H and O–H groups in total. The number of fused-ring (bicyclic) bond motifs is 1. The van der Waals surface area contributed by atoms with Crippen LogP contribution in [-0.2, 0) is 22.2 Å². The van der Waals surface area contributed by atoms with Crippen molar-refractivity contribution >= 4 is 25.3 Å². The van der Waals surface area contributed by atoms with E-state index in [1.54, 1.807) is 0 Å². The van der Waals surface area contributed by atoms with E-state index in [4.69, 9.17) is 9.16 Å². The summed E-state index contributed by atoms with van der Waals surface area (Å²) >= 11 is 0. The van der Waals surface area contributed by atoms with E-state index in [9.17, 15) is 4.79 Å². The Kier molecular flexibility index (Phi) is 8.62. The van der Waals surface area contributed by atoms with Gasteiger partial charge in [-0.15, -0.1) is 0 Å². The van der Waals surface area contributed by atoms with Crippen molar-refractivity contribution in [1.29, 1.82) is 0 Å². The second kappa shape index (κ2) is 12.2. The summed E-state index contributed by atoms with van der Waals surface area (Å²) in [6, 6.07) is 29.1. The van der Waals surface area contributed by atoms with Gasteiger partial charge >= 0.3 is 6.09 Å². The molecule has 2 heterocycles. The summed E-state index contributed by atoms with van der Waals surface area (Å²) in [4.78, 5) is 19.5. The number of hydrogen-bond acceptors (Lipinski definition) is 4. The lowest BCUT2D eigenvalue weighted by molar-refractivity contribution is 0.0200. The third kappa shape index (κ3) is 7.06. The van der Waals surface area contributed by atoms with E-state index in [0.717, 1.165) is 40.4 Å². The summed E-state index contributed by atoms with van der Waals surface area (Å²) in [6.45, 7) is 12.9. The molecule has 41 heavy (non-hydrogen) atoms. The fourth-order valence-corrected chi connectivity index (χ4v) is 6.61. The summed E-state index contributed by atoms with van der Waals surface area (Å²) in [7, 11) is -2.05. The van der Waals surface area contributed by atoms with Crippen LogP contribution in [0.5, 0.6) is 0 Å². The van der Waals surface area contributed by atoms with E-state index in [-0.39, 0.29) is 23.8 Å². The topological polar surface area (TPSA) is 51.7 Å². The van der Waals surface area contributed by atoms with Gasteiger partial charge in [-0.25, -0.2) is 4.79 Å². The lowest BCUT2D eigenvalue weighted by atomic mass is 9.87. The van der Waals surface area contributed by atoms with Crippen molar-refractivity contribution in [2.24, 2.45) is 5.92 Å². The molecule has 1 aliphatic rings. The van der Waals surface area contributed by atoms with Crippen LogP contribution in [0, 0.1) is 5.92 Å². The average Bonchev–Trinajstić information content (AvgIpc) is 2.96. The van der Waals surface area contributed by atoms with Gasteiger partial charge in [-0.05, 0) is 65.7 Å². The van der Waals surface area contributed by atoms with E-state index in [1.165, 1.54) is 5.56 Å². The first-order chi connectivity index (χ1) is 19.6. The van der Waals surface area contributed by atoms with Gasteiger partial charge in [-0.2, -0.15) is 0 Å². The second-order valence-electron chi connectivity index (χ2n) is 12.8. The Morgan fingerprint density at radius 1 is 0.927 bits per heavy atom. The number of likely N-dealkylation sites (tertiary alicyclic amines) is 1. The van der Waals surface area contributed by atoms with Crippen LogP contribution in [0.3, 0.4) is 0 Å². The molecular formula is C35H42N2O3Si. The average molecular weight is 567 g/mol. The van der Waals surface area contributed by atoms with Crippen molar-refractivity contribution < 1.29 is 14.0 Å². The zero-order valence-electron chi connectivity index (χ0n) is 25.0. The molecule has 4 aromatic rings. The quantitative estimate of drug-likeness (QED) is 0.211. The number of amides is 1. The van der Waals surface area contributed by atoms with E-state index in [2.05, 4.69) is 75.2 Å². The maximum atomic E-state index is 13.1. The summed E-state index contributed by atoms with van der Waals surface area (Å²) < 4.78 is 12.7. The first kappa shape index (κ1) is 29.0. The van der Waals surface area contributed by atoms with Crippen molar-refractivity contribution in [2.45, 2.75) is 64.5 Å². The van der Waals surface area contributed by atoms with E-state index in [0.29, 0.717) is 19.0 Å². The largest absolute Gasteiger partial charge is 0.445 e. The number of rotatable bonds is 7. The second-order valence-corrected chi connectivity index (χ2v) is 17.5. The Balaban J connectivity index is 1.29. The van der Waals surface area contributed by atoms with E-state index in [1.807, 2.05) is 59.6 Å². The molecule has 1 aromatic heterocycles. The highest BCUT2D eigenvalue weighted by Crippen LogP contribution is 2.39. The fourth-order valence-electron chi connectivity index (χ4n) is 5.23. The molecule has 2 unspecified atom stereocenters. The van der Waals surface area contributed by atoms with Gasteiger partial charge in [-0.1, -0.05) is 93.6 Å². The van der Waals surface area contributed by atoms with Crippen LogP contribution in [0.25, 0.3) is 22.0 Å². The number of para-hydroxylation sites is 1. The van der Waals surface area contributed by atoms with Crippen LogP contribution in [0.4, 0.5) is 4.79 Å². The predicted octanol–water partition coefficient (Wildman–Crippen LogP) is 8.49. The molecule has 0 saturated carbocycles. The summed E-state index contributed by atoms with van der Waals surface area (Å²) in [6.07, 6.45) is 3.47. The number of pyridine rings is 1. The van der Waals surface area contributed by atoms with Gasteiger partial charge in [0.1, 0.15) is 6.61 Å². The lowest BCUT2D eigenvalue weighted by Gasteiger charge is -2.45. The number of carbonyl (C=O) groups is 1. The van der Waals surface area contributed by atoms with Gasteiger partial charge in [-0.3, -0.25) is 4.98 Å². The molecule has 5 rings (SSSR count). The normalized spacial score (nSPS) is 17.9. The van der Waals surface area contributed by atoms with Crippen molar-refractivity contribution in [3.63, 3.8) is 0 Å². The number of ether oxygens (including phenoxy) is 1. The minimum absolute atomic E-state index is 0.0294. The Morgan fingerprint density at radius 3 is 2.37 bits per heavy atom. The van der Waals surface area contributed by atoms with Crippen molar-refractivity contribution in [3.8, 4) is 11.1 Å². The van der Waals surface area contributed by atoms with Crippen LogP contribution in [0.15, 0.2) is 91.1 Å². The zero-order valence-corrected chi connectivity index (χ0v) is 26.0. The molecule has 0 bridgehead atoms. The first-order valence-electron chi connectivity index (χ1n) is 14.7.